The minimum atomic E-state index is -0.376. The van der Waals surface area contributed by atoms with Crippen molar-refractivity contribution in [2.24, 2.45) is 10.8 Å². The van der Waals surface area contributed by atoms with E-state index >= 15 is 0 Å². The highest BCUT2D eigenvalue weighted by atomic mass is 32.1. The van der Waals surface area contributed by atoms with Crippen molar-refractivity contribution in [2.45, 2.75) is 58.9 Å². The summed E-state index contributed by atoms with van der Waals surface area (Å²) in [4.78, 5) is 27.8. The average Bonchev–Trinajstić information content (AvgIpc) is 3.16. The summed E-state index contributed by atoms with van der Waals surface area (Å²) in [5.74, 6) is 0.0366. The molecule has 1 aliphatic heterocycles. The molecule has 0 bridgehead atoms. The Morgan fingerprint density at radius 3 is 2.57 bits per heavy atom. The van der Waals surface area contributed by atoms with Gasteiger partial charge in [0.05, 0.1) is 12.1 Å². The van der Waals surface area contributed by atoms with Crippen LogP contribution in [0.4, 0.5) is 0 Å². The first-order valence-corrected chi connectivity index (χ1v) is 9.33. The molecule has 0 unspecified atom stereocenters. The molecule has 1 saturated carbocycles. The van der Waals surface area contributed by atoms with Crippen LogP contribution in [0.2, 0.25) is 0 Å². The highest BCUT2D eigenvalue weighted by Crippen LogP contribution is 2.46. The zero-order chi connectivity index (χ0) is 16.7. The predicted octanol–water partition coefficient (Wildman–Crippen LogP) is 3.70. The third-order valence-corrected chi connectivity index (χ3v) is 6.13. The van der Waals surface area contributed by atoms with Crippen LogP contribution in [0.3, 0.4) is 0 Å². The molecule has 5 heteroatoms. The van der Waals surface area contributed by atoms with Crippen molar-refractivity contribution in [3.8, 4) is 0 Å². The van der Waals surface area contributed by atoms with Gasteiger partial charge in [0.25, 0.3) is 0 Å². The zero-order valence-electron chi connectivity index (χ0n) is 14.2. The Labute approximate surface area is 142 Å². The Balaban J connectivity index is 1.71. The van der Waals surface area contributed by atoms with Crippen molar-refractivity contribution in [1.29, 1.82) is 0 Å². The molecule has 23 heavy (non-hydrogen) atoms. The molecule has 2 aliphatic rings. The van der Waals surface area contributed by atoms with Crippen molar-refractivity contribution in [3.63, 3.8) is 0 Å². The van der Waals surface area contributed by atoms with Crippen LogP contribution in [0, 0.1) is 10.8 Å². The number of likely N-dealkylation sites (tertiary alicyclic amines) is 1. The minimum absolute atomic E-state index is 0.0109. The van der Waals surface area contributed by atoms with Gasteiger partial charge in [-0.1, -0.05) is 39.7 Å². The van der Waals surface area contributed by atoms with Crippen LogP contribution in [0.1, 0.15) is 63.8 Å². The number of carbonyl (C=O) groups excluding carboxylic acids is 2. The lowest BCUT2D eigenvalue weighted by atomic mass is 9.84. The van der Waals surface area contributed by atoms with Crippen LogP contribution in [0.15, 0.2) is 17.5 Å². The summed E-state index contributed by atoms with van der Waals surface area (Å²) in [6.45, 7) is 6.85. The van der Waals surface area contributed by atoms with Crippen molar-refractivity contribution in [2.75, 3.05) is 6.67 Å². The largest absolute Gasteiger partial charge is 0.291 e. The number of thiophene rings is 1. The van der Waals surface area contributed by atoms with Gasteiger partial charge in [0.2, 0.25) is 11.8 Å². The van der Waals surface area contributed by atoms with Crippen molar-refractivity contribution in [3.05, 3.63) is 22.4 Å². The summed E-state index contributed by atoms with van der Waals surface area (Å²) in [6.07, 6.45) is 4.30. The molecule has 1 aliphatic carbocycles. The summed E-state index contributed by atoms with van der Waals surface area (Å²) < 4.78 is 0. The molecule has 1 aromatic heterocycles. The van der Waals surface area contributed by atoms with E-state index in [0.29, 0.717) is 13.1 Å². The van der Waals surface area contributed by atoms with Gasteiger partial charge in [0.15, 0.2) is 0 Å². The molecule has 1 saturated heterocycles. The lowest BCUT2D eigenvalue weighted by Gasteiger charge is -2.32. The van der Waals surface area contributed by atoms with Gasteiger partial charge in [-0.25, -0.2) is 0 Å². The number of nitrogens with one attached hydrogen (secondary N) is 1. The number of rotatable bonds is 4. The van der Waals surface area contributed by atoms with Crippen molar-refractivity contribution >= 4 is 23.2 Å². The fraction of sp³-hybridized carbons (Fsp3) is 0.667. The summed E-state index contributed by atoms with van der Waals surface area (Å²) in [7, 11) is 0. The maximum absolute atomic E-state index is 12.8. The highest BCUT2D eigenvalue weighted by molar-refractivity contribution is 7.10. The first-order valence-electron chi connectivity index (χ1n) is 8.45. The summed E-state index contributed by atoms with van der Waals surface area (Å²) in [5.41, 5.74) is -0.360. The number of amides is 2. The Morgan fingerprint density at radius 2 is 2.00 bits per heavy atom. The van der Waals surface area contributed by atoms with Gasteiger partial charge in [0.1, 0.15) is 0 Å². The van der Waals surface area contributed by atoms with E-state index in [0.717, 1.165) is 25.7 Å². The van der Waals surface area contributed by atoms with Crippen LogP contribution in [-0.2, 0) is 9.59 Å². The SMILES string of the molecule is CC(C)(C)[C@H](NCN1C(=O)CC2(CCCC2)C1=O)c1cccs1. The second-order valence-corrected chi connectivity index (χ2v) is 8.95. The van der Waals surface area contributed by atoms with Gasteiger partial charge >= 0.3 is 0 Å². The van der Waals surface area contributed by atoms with E-state index in [4.69, 9.17) is 0 Å². The molecule has 2 fully saturated rings. The monoisotopic (exact) mass is 334 g/mol. The molecule has 1 aromatic rings. The first-order chi connectivity index (χ1) is 10.8. The smallest absolute Gasteiger partial charge is 0.237 e. The molecule has 3 rings (SSSR count). The van der Waals surface area contributed by atoms with Gasteiger partial charge < -0.3 is 0 Å². The molecule has 4 nitrogen and oxygen atoms in total. The maximum Gasteiger partial charge on any atom is 0.237 e. The maximum atomic E-state index is 12.8. The number of nitrogens with zero attached hydrogens (tertiary/aromatic N) is 1. The lowest BCUT2D eigenvalue weighted by molar-refractivity contribution is -0.142. The summed E-state index contributed by atoms with van der Waals surface area (Å²) in [6, 6.07) is 4.28. The molecule has 0 aromatic carbocycles. The van der Waals surface area contributed by atoms with E-state index in [-0.39, 0.29) is 28.7 Å². The highest BCUT2D eigenvalue weighted by Gasteiger charge is 2.52. The van der Waals surface area contributed by atoms with Gasteiger partial charge in [-0.3, -0.25) is 19.8 Å². The summed E-state index contributed by atoms with van der Waals surface area (Å²) in [5, 5.41) is 5.53. The summed E-state index contributed by atoms with van der Waals surface area (Å²) >= 11 is 1.71. The zero-order valence-corrected chi connectivity index (χ0v) is 15.0. The third-order valence-electron chi connectivity index (χ3n) is 5.20. The van der Waals surface area contributed by atoms with Gasteiger partial charge in [0, 0.05) is 17.3 Å². The van der Waals surface area contributed by atoms with E-state index in [1.807, 2.05) is 6.07 Å². The Hall–Kier alpha value is -1.20. The molecule has 126 valence electrons. The van der Waals surface area contributed by atoms with Crippen LogP contribution < -0.4 is 5.32 Å². The topological polar surface area (TPSA) is 49.4 Å². The van der Waals surface area contributed by atoms with E-state index in [1.165, 1.54) is 9.78 Å². The third kappa shape index (κ3) is 3.09. The fourth-order valence-electron chi connectivity index (χ4n) is 3.93. The van der Waals surface area contributed by atoms with Crippen LogP contribution in [-0.4, -0.2) is 23.4 Å². The molecule has 1 N–H and O–H groups in total. The van der Waals surface area contributed by atoms with Crippen molar-refractivity contribution in [1.82, 2.24) is 10.2 Å². The van der Waals surface area contributed by atoms with E-state index in [2.05, 4.69) is 37.5 Å². The second kappa shape index (κ2) is 6.02. The average molecular weight is 334 g/mol. The normalized spacial score (nSPS) is 22.3. The molecule has 0 radical (unpaired) electrons. The van der Waals surface area contributed by atoms with E-state index < -0.39 is 0 Å². The van der Waals surface area contributed by atoms with E-state index in [9.17, 15) is 9.59 Å². The van der Waals surface area contributed by atoms with Crippen LogP contribution >= 0.6 is 11.3 Å². The first kappa shape index (κ1) is 16.7. The van der Waals surface area contributed by atoms with E-state index in [1.54, 1.807) is 11.3 Å². The number of carbonyl (C=O) groups is 2. The van der Waals surface area contributed by atoms with Gasteiger partial charge in [-0.15, -0.1) is 11.3 Å². The van der Waals surface area contributed by atoms with Gasteiger partial charge in [-0.05, 0) is 29.7 Å². The Bertz CT molecular complexity index is 583. The van der Waals surface area contributed by atoms with Gasteiger partial charge in [-0.2, -0.15) is 0 Å². The molecule has 1 spiro atoms. The lowest BCUT2D eigenvalue weighted by Crippen LogP contribution is -2.44. The Morgan fingerprint density at radius 1 is 1.30 bits per heavy atom. The molecular weight excluding hydrogens is 308 g/mol. The number of imide groups is 1. The number of hydrogen-bond donors (Lipinski definition) is 1. The molecule has 2 amide bonds. The standard InChI is InChI=1S/C18H26N2O2S/c1-17(2,3)15(13-7-6-10-23-13)19-12-20-14(21)11-18(16(20)22)8-4-5-9-18/h6-7,10,15,19H,4-5,8-9,11-12H2,1-3H3/t15-/m1/s1. The Kier molecular flexibility index (Phi) is 4.36. The minimum Gasteiger partial charge on any atom is -0.291 e. The molecular formula is C18H26N2O2S. The predicted molar refractivity (Wildman–Crippen MR) is 91.9 cm³/mol. The second-order valence-electron chi connectivity index (χ2n) is 7.97. The fourth-order valence-corrected chi connectivity index (χ4v) is 4.98. The van der Waals surface area contributed by atoms with Crippen LogP contribution in [0.25, 0.3) is 0 Å². The molecule has 1 atom stereocenters. The number of hydrogen-bond acceptors (Lipinski definition) is 4. The van der Waals surface area contributed by atoms with Crippen LogP contribution in [0.5, 0.6) is 0 Å². The van der Waals surface area contributed by atoms with Crippen molar-refractivity contribution < 1.29 is 9.59 Å². The molecule has 2 heterocycles. The quantitative estimate of drug-likeness (QED) is 0.854.